The summed E-state index contributed by atoms with van der Waals surface area (Å²) in [5.74, 6) is -3.31. The van der Waals surface area contributed by atoms with E-state index < -0.39 is 46.1 Å². The minimum Gasteiger partial charge on any atom is -0.480 e. The average molecular weight is 343 g/mol. The van der Waals surface area contributed by atoms with Crippen LogP contribution in [-0.4, -0.2) is 49.8 Å². The first-order valence-electron chi connectivity index (χ1n) is 6.65. The van der Waals surface area contributed by atoms with Gasteiger partial charge in [0.05, 0.1) is 10.6 Å². The summed E-state index contributed by atoms with van der Waals surface area (Å²) in [6.45, 7) is 0.485. The van der Waals surface area contributed by atoms with Gasteiger partial charge in [-0.15, -0.1) is 0 Å². The highest BCUT2D eigenvalue weighted by molar-refractivity contribution is 7.91. The third-order valence-electron chi connectivity index (χ3n) is 2.82. The van der Waals surface area contributed by atoms with Gasteiger partial charge in [-0.3, -0.25) is 9.59 Å². The Kier molecular flexibility index (Phi) is 6.70. The lowest BCUT2D eigenvalue weighted by molar-refractivity contribution is -0.148. The number of carbonyl (C=O) groups excluding carboxylic acids is 2. The number of sulfone groups is 1. The zero-order valence-electron chi connectivity index (χ0n) is 12.4. The van der Waals surface area contributed by atoms with Crippen LogP contribution in [0.3, 0.4) is 0 Å². The molecule has 8 nitrogen and oxygen atoms in total. The van der Waals surface area contributed by atoms with Crippen LogP contribution in [0, 0.1) is 0 Å². The summed E-state index contributed by atoms with van der Waals surface area (Å²) in [5.41, 5.74) is 0. The predicted molar refractivity (Wildman–Crippen MR) is 79.3 cm³/mol. The van der Waals surface area contributed by atoms with Gasteiger partial charge < -0.3 is 15.2 Å². The lowest BCUT2D eigenvalue weighted by Gasteiger charge is -2.14. The summed E-state index contributed by atoms with van der Waals surface area (Å²) in [4.78, 5) is 33.2. The second-order valence-electron chi connectivity index (χ2n) is 4.66. The maximum absolute atomic E-state index is 12.1. The smallest absolute Gasteiger partial charge is 0.326 e. The van der Waals surface area contributed by atoms with Crippen molar-refractivity contribution in [3.05, 3.63) is 30.3 Å². The van der Waals surface area contributed by atoms with Crippen molar-refractivity contribution in [3.8, 4) is 0 Å². The van der Waals surface area contributed by atoms with E-state index in [1.54, 1.807) is 18.2 Å². The van der Waals surface area contributed by atoms with Crippen LogP contribution in [0.1, 0.15) is 13.3 Å². The Balaban J connectivity index is 2.65. The maximum Gasteiger partial charge on any atom is 0.326 e. The number of hydrogen-bond donors (Lipinski definition) is 2. The van der Waals surface area contributed by atoms with Crippen LogP contribution >= 0.6 is 0 Å². The molecule has 0 unspecified atom stereocenters. The van der Waals surface area contributed by atoms with Crippen LogP contribution in [0.2, 0.25) is 0 Å². The first-order chi connectivity index (χ1) is 10.7. The quantitative estimate of drug-likeness (QED) is 0.635. The van der Waals surface area contributed by atoms with Crippen molar-refractivity contribution in [3.63, 3.8) is 0 Å². The molecule has 2 N–H and O–H groups in total. The van der Waals surface area contributed by atoms with Crippen LogP contribution in [0.25, 0.3) is 0 Å². The molecule has 0 aromatic heterocycles. The van der Waals surface area contributed by atoms with Gasteiger partial charge >= 0.3 is 11.9 Å². The van der Waals surface area contributed by atoms with Crippen molar-refractivity contribution in [1.82, 2.24) is 5.32 Å². The zero-order valence-corrected chi connectivity index (χ0v) is 13.2. The van der Waals surface area contributed by atoms with Crippen molar-refractivity contribution in [1.29, 1.82) is 0 Å². The van der Waals surface area contributed by atoms with E-state index in [1.807, 2.05) is 0 Å². The zero-order chi connectivity index (χ0) is 17.5. The van der Waals surface area contributed by atoms with E-state index in [9.17, 15) is 22.8 Å². The number of carboxylic acid groups (broad SMARTS) is 1. The van der Waals surface area contributed by atoms with Gasteiger partial charge in [0.15, 0.2) is 16.4 Å². The number of hydrogen-bond acceptors (Lipinski definition) is 6. The highest BCUT2D eigenvalue weighted by atomic mass is 32.2. The Labute approximate surface area is 133 Å². The molecule has 1 amide bonds. The van der Waals surface area contributed by atoms with Crippen molar-refractivity contribution < 1.29 is 32.6 Å². The first kappa shape index (κ1) is 18.6. The summed E-state index contributed by atoms with van der Waals surface area (Å²) >= 11 is 0. The molecule has 0 heterocycles. The van der Waals surface area contributed by atoms with Gasteiger partial charge in [0.25, 0.3) is 5.91 Å². The largest absolute Gasteiger partial charge is 0.480 e. The third kappa shape index (κ3) is 6.47. The molecule has 0 aliphatic heterocycles. The molecule has 9 heteroatoms. The van der Waals surface area contributed by atoms with Gasteiger partial charge in [0, 0.05) is 6.92 Å². The van der Waals surface area contributed by atoms with Crippen LogP contribution in [0.4, 0.5) is 0 Å². The fourth-order valence-electron chi connectivity index (χ4n) is 1.68. The van der Waals surface area contributed by atoms with Crippen molar-refractivity contribution in [2.24, 2.45) is 0 Å². The number of nitrogens with one attached hydrogen (secondary N) is 1. The van der Waals surface area contributed by atoms with Crippen LogP contribution in [0.5, 0.6) is 0 Å². The van der Waals surface area contributed by atoms with E-state index in [4.69, 9.17) is 5.11 Å². The van der Waals surface area contributed by atoms with Gasteiger partial charge in [-0.2, -0.15) is 0 Å². The van der Waals surface area contributed by atoms with E-state index in [-0.39, 0.29) is 11.3 Å². The number of ether oxygens (including phenoxy) is 1. The van der Waals surface area contributed by atoms with Gasteiger partial charge in [-0.25, -0.2) is 13.2 Å². The molecule has 0 spiro atoms. The lowest BCUT2D eigenvalue weighted by Crippen LogP contribution is -2.43. The second kappa shape index (κ2) is 8.28. The molecular formula is C14H17NO7S. The van der Waals surface area contributed by atoms with E-state index in [1.165, 1.54) is 12.1 Å². The first-order valence-corrected chi connectivity index (χ1v) is 8.31. The van der Waals surface area contributed by atoms with Crippen LogP contribution in [0.15, 0.2) is 35.2 Å². The van der Waals surface area contributed by atoms with Gasteiger partial charge in [0.2, 0.25) is 0 Å². The molecule has 0 saturated carbocycles. The maximum atomic E-state index is 12.1. The van der Waals surface area contributed by atoms with Gasteiger partial charge in [0.1, 0.15) is 6.04 Å². The van der Waals surface area contributed by atoms with Crippen molar-refractivity contribution in [2.45, 2.75) is 24.3 Å². The monoisotopic (exact) mass is 343 g/mol. The summed E-state index contributed by atoms with van der Waals surface area (Å²) in [5, 5.41) is 11.2. The molecule has 23 heavy (non-hydrogen) atoms. The Morgan fingerprint density at radius 2 is 1.83 bits per heavy atom. The standard InChI is InChI=1S/C14H17NO7S/c1-10(16)22-9-13(17)15-12(14(18)19)7-8-23(20,21)11-5-3-2-4-6-11/h2-6,12H,7-9H2,1H3,(H,15,17)(H,18,19)/t12-/m0/s1. The highest BCUT2D eigenvalue weighted by Gasteiger charge is 2.24. The third-order valence-corrected chi connectivity index (χ3v) is 4.58. The molecule has 126 valence electrons. The molecule has 1 atom stereocenters. The Hall–Kier alpha value is -2.42. The number of esters is 1. The number of rotatable bonds is 8. The fraction of sp³-hybridized carbons (Fsp3) is 0.357. The number of benzene rings is 1. The van der Waals surface area contributed by atoms with Crippen LogP contribution in [-0.2, 0) is 29.0 Å². The Morgan fingerprint density at radius 1 is 1.22 bits per heavy atom. The molecule has 0 radical (unpaired) electrons. The summed E-state index contributed by atoms with van der Waals surface area (Å²) in [6, 6.07) is 6.20. The molecular weight excluding hydrogens is 326 g/mol. The Bertz CT molecular complexity index is 670. The molecule has 0 aliphatic rings. The Morgan fingerprint density at radius 3 is 2.35 bits per heavy atom. The topological polar surface area (TPSA) is 127 Å². The second-order valence-corrected chi connectivity index (χ2v) is 6.77. The number of amides is 1. The number of aliphatic carboxylic acids is 1. The summed E-state index contributed by atoms with van der Waals surface area (Å²) < 4.78 is 28.6. The van der Waals surface area contributed by atoms with E-state index in [2.05, 4.69) is 10.1 Å². The molecule has 0 bridgehead atoms. The molecule has 1 aromatic rings. The fourth-order valence-corrected chi connectivity index (χ4v) is 3.03. The van der Waals surface area contributed by atoms with Crippen LogP contribution < -0.4 is 5.32 Å². The van der Waals surface area contributed by atoms with E-state index in [0.29, 0.717) is 0 Å². The van der Waals surface area contributed by atoms with E-state index >= 15 is 0 Å². The molecule has 1 aromatic carbocycles. The minimum absolute atomic E-state index is 0.0791. The number of carbonyl (C=O) groups is 3. The minimum atomic E-state index is -3.65. The molecule has 0 saturated heterocycles. The lowest BCUT2D eigenvalue weighted by atomic mass is 10.2. The molecule has 0 fully saturated rings. The van der Waals surface area contributed by atoms with Crippen molar-refractivity contribution in [2.75, 3.05) is 12.4 Å². The molecule has 0 aliphatic carbocycles. The average Bonchev–Trinajstić information content (AvgIpc) is 2.50. The van der Waals surface area contributed by atoms with Crippen molar-refractivity contribution >= 4 is 27.7 Å². The highest BCUT2D eigenvalue weighted by Crippen LogP contribution is 2.12. The van der Waals surface area contributed by atoms with E-state index in [0.717, 1.165) is 6.92 Å². The SMILES string of the molecule is CC(=O)OCC(=O)N[C@@H](CCS(=O)(=O)c1ccccc1)C(=O)O. The summed E-state index contributed by atoms with van der Waals surface area (Å²) in [7, 11) is -3.65. The number of carboxylic acids is 1. The summed E-state index contributed by atoms with van der Waals surface area (Å²) in [6.07, 6.45) is -0.307. The predicted octanol–water partition coefficient (Wildman–Crippen LogP) is -0.0171. The molecule has 1 rings (SSSR count). The van der Waals surface area contributed by atoms with Gasteiger partial charge in [-0.1, -0.05) is 18.2 Å². The van der Waals surface area contributed by atoms with Gasteiger partial charge in [-0.05, 0) is 18.6 Å². The normalized spacial score (nSPS) is 12.2.